The van der Waals surface area contributed by atoms with E-state index in [4.69, 9.17) is 15.9 Å². The zero-order valence-electron chi connectivity index (χ0n) is 6.44. The van der Waals surface area contributed by atoms with Crippen LogP contribution in [0.5, 0.6) is 0 Å². The monoisotopic (exact) mass is 255 g/mol. The van der Waals surface area contributed by atoms with Crippen molar-refractivity contribution in [3.63, 3.8) is 0 Å². The Kier molecular flexibility index (Phi) is 3.65. The van der Waals surface area contributed by atoms with E-state index < -0.39 is 23.0 Å². The zero-order chi connectivity index (χ0) is 10.9. The molecule has 74 valence electrons. The van der Waals surface area contributed by atoms with E-state index in [1.807, 2.05) is 9.24 Å². The molecule has 0 spiro atoms. The third kappa shape index (κ3) is 1.70. The van der Waals surface area contributed by atoms with Gasteiger partial charge in [-0.3, -0.25) is 0 Å². The van der Waals surface area contributed by atoms with Gasteiger partial charge in [-0.25, -0.2) is 13.2 Å². The van der Waals surface area contributed by atoms with Gasteiger partial charge in [0.2, 0.25) is 0 Å². The van der Waals surface area contributed by atoms with E-state index in [2.05, 4.69) is 0 Å². The molecule has 1 nitrogen and oxygen atoms in total. The Hall–Kier alpha value is -0.430. The summed E-state index contributed by atoms with van der Waals surface area (Å²) in [4.78, 5) is -0.370. The molecule has 0 amide bonds. The van der Waals surface area contributed by atoms with Crippen molar-refractivity contribution in [3.8, 4) is 6.07 Å². The SMILES string of the molecule is N#Cc1c(F)c(F)c(SCl)c(P)c1F. The van der Waals surface area contributed by atoms with Crippen LogP contribution in [0.2, 0.25) is 0 Å². The Bertz CT molecular complexity index is 395. The molecule has 0 saturated heterocycles. The number of nitriles is 1. The highest BCUT2D eigenvalue weighted by Gasteiger charge is 2.22. The Labute approximate surface area is 88.9 Å². The fourth-order valence-electron chi connectivity index (χ4n) is 0.832. The minimum Gasteiger partial charge on any atom is -0.205 e. The lowest BCUT2D eigenvalue weighted by Gasteiger charge is -2.06. The molecule has 0 N–H and O–H groups in total. The van der Waals surface area contributed by atoms with Crippen molar-refractivity contribution in [1.82, 2.24) is 0 Å². The average molecular weight is 256 g/mol. The molecule has 0 aromatic heterocycles. The summed E-state index contributed by atoms with van der Waals surface area (Å²) in [6.45, 7) is 0. The van der Waals surface area contributed by atoms with E-state index in [0.29, 0.717) is 11.0 Å². The van der Waals surface area contributed by atoms with Crippen molar-refractivity contribution >= 4 is 36.2 Å². The summed E-state index contributed by atoms with van der Waals surface area (Å²) in [5, 5.41) is 8.12. The summed E-state index contributed by atoms with van der Waals surface area (Å²) in [7, 11) is 7.45. The van der Waals surface area contributed by atoms with Gasteiger partial charge in [0.1, 0.15) is 11.6 Å². The van der Waals surface area contributed by atoms with E-state index in [0.717, 1.165) is 0 Å². The minimum absolute atomic E-state index is 0.250. The molecule has 1 aromatic rings. The lowest BCUT2D eigenvalue weighted by Crippen LogP contribution is -2.11. The molecule has 0 aliphatic heterocycles. The predicted octanol–water partition coefficient (Wildman–Crippen LogP) is 2.72. The van der Waals surface area contributed by atoms with Crippen LogP contribution >= 0.6 is 30.9 Å². The molecule has 0 radical (unpaired) electrons. The lowest BCUT2D eigenvalue weighted by atomic mass is 10.2. The second kappa shape index (κ2) is 4.39. The van der Waals surface area contributed by atoms with Gasteiger partial charge in [0.25, 0.3) is 0 Å². The van der Waals surface area contributed by atoms with Crippen LogP contribution in [0.3, 0.4) is 0 Å². The maximum atomic E-state index is 13.2. The molecule has 1 rings (SSSR count). The van der Waals surface area contributed by atoms with E-state index >= 15 is 0 Å². The van der Waals surface area contributed by atoms with Crippen LogP contribution in [0.15, 0.2) is 4.90 Å². The van der Waals surface area contributed by atoms with Gasteiger partial charge in [0.05, 0.1) is 4.90 Å². The Morgan fingerprint density at radius 1 is 1.21 bits per heavy atom. The lowest BCUT2D eigenvalue weighted by molar-refractivity contribution is 0.478. The van der Waals surface area contributed by atoms with Crippen molar-refractivity contribution in [2.24, 2.45) is 0 Å². The fraction of sp³-hybridized carbons (Fsp3) is 0. The molecular formula is C7H2ClF3NPS. The van der Waals surface area contributed by atoms with Gasteiger partial charge in [0.15, 0.2) is 17.5 Å². The predicted molar refractivity (Wildman–Crippen MR) is 52.1 cm³/mol. The highest BCUT2D eigenvalue weighted by Crippen LogP contribution is 2.29. The number of rotatable bonds is 1. The second-order valence-corrected chi connectivity index (χ2v) is 3.85. The highest BCUT2D eigenvalue weighted by molar-refractivity contribution is 8.21. The second-order valence-electron chi connectivity index (χ2n) is 2.25. The molecule has 0 heterocycles. The molecular weight excluding hydrogens is 254 g/mol. The number of hydrogen-bond donors (Lipinski definition) is 0. The first-order valence-corrected chi connectivity index (χ1v) is 5.41. The third-order valence-corrected chi connectivity index (χ3v) is 3.27. The molecule has 0 aliphatic rings. The Morgan fingerprint density at radius 2 is 1.79 bits per heavy atom. The first kappa shape index (κ1) is 11.6. The van der Waals surface area contributed by atoms with Gasteiger partial charge < -0.3 is 0 Å². The molecule has 14 heavy (non-hydrogen) atoms. The van der Waals surface area contributed by atoms with E-state index in [1.165, 1.54) is 6.07 Å². The minimum atomic E-state index is -1.51. The molecule has 7 heteroatoms. The normalized spacial score (nSPS) is 10.0. The Balaban J connectivity index is 3.66. The molecule has 0 saturated carbocycles. The topological polar surface area (TPSA) is 23.8 Å². The van der Waals surface area contributed by atoms with Crippen LogP contribution in [-0.2, 0) is 0 Å². The summed E-state index contributed by atoms with van der Waals surface area (Å²) in [5.74, 6) is -3.94. The summed E-state index contributed by atoms with van der Waals surface area (Å²) in [6.07, 6.45) is 0. The summed E-state index contributed by atoms with van der Waals surface area (Å²) < 4.78 is 39.2. The zero-order valence-corrected chi connectivity index (χ0v) is 9.17. The summed E-state index contributed by atoms with van der Waals surface area (Å²) in [6, 6.07) is 1.24. The maximum Gasteiger partial charge on any atom is 0.180 e. The molecule has 1 aromatic carbocycles. The average Bonchev–Trinajstić information content (AvgIpc) is 2.17. The van der Waals surface area contributed by atoms with Crippen molar-refractivity contribution in [2.75, 3.05) is 0 Å². The smallest absolute Gasteiger partial charge is 0.180 e. The van der Waals surface area contributed by atoms with Crippen LogP contribution in [0.1, 0.15) is 5.56 Å². The Morgan fingerprint density at radius 3 is 2.21 bits per heavy atom. The number of hydrogen-bond acceptors (Lipinski definition) is 2. The van der Waals surface area contributed by atoms with Crippen LogP contribution in [-0.4, -0.2) is 0 Å². The largest absolute Gasteiger partial charge is 0.205 e. The standard InChI is InChI=1S/C7H2ClF3NPS/c8-14-7-5(11)3(9)2(1-12)4(10)6(7)13/h13H2. The maximum absolute atomic E-state index is 13.2. The van der Waals surface area contributed by atoms with Crippen molar-refractivity contribution < 1.29 is 13.2 Å². The molecule has 1 unspecified atom stereocenters. The van der Waals surface area contributed by atoms with Crippen LogP contribution in [0.25, 0.3) is 0 Å². The summed E-state index contributed by atoms with van der Waals surface area (Å²) in [5.41, 5.74) is -0.943. The molecule has 0 aliphatic carbocycles. The van der Waals surface area contributed by atoms with Crippen molar-refractivity contribution in [1.29, 1.82) is 5.26 Å². The first-order valence-electron chi connectivity index (χ1n) is 3.19. The van der Waals surface area contributed by atoms with E-state index in [9.17, 15) is 13.2 Å². The fourth-order valence-corrected chi connectivity index (χ4v) is 2.29. The number of halogens is 4. The van der Waals surface area contributed by atoms with Gasteiger partial charge in [-0.15, -0.1) is 9.24 Å². The van der Waals surface area contributed by atoms with E-state index in [-0.39, 0.29) is 10.2 Å². The molecule has 1 atom stereocenters. The van der Waals surface area contributed by atoms with Gasteiger partial charge in [-0.05, 0) is 21.7 Å². The van der Waals surface area contributed by atoms with Crippen LogP contribution < -0.4 is 5.30 Å². The van der Waals surface area contributed by atoms with Gasteiger partial charge in [-0.1, -0.05) is 0 Å². The first-order chi connectivity index (χ1) is 6.54. The van der Waals surface area contributed by atoms with Crippen LogP contribution in [0, 0.1) is 28.8 Å². The quantitative estimate of drug-likeness (QED) is 0.569. The summed E-state index contributed by atoms with van der Waals surface area (Å²) >= 11 is 0. The van der Waals surface area contributed by atoms with Gasteiger partial charge >= 0.3 is 0 Å². The molecule has 0 bridgehead atoms. The van der Waals surface area contributed by atoms with Crippen molar-refractivity contribution in [3.05, 3.63) is 23.0 Å². The molecule has 0 fully saturated rings. The van der Waals surface area contributed by atoms with Gasteiger partial charge in [0, 0.05) is 5.30 Å². The third-order valence-electron chi connectivity index (χ3n) is 1.50. The van der Waals surface area contributed by atoms with Crippen molar-refractivity contribution in [2.45, 2.75) is 4.90 Å². The van der Waals surface area contributed by atoms with Crippen LogP contribution in [0.4, 0.5) is 13.2 Å². The number of nitrogens with zero attached hydrogens (tertiary/aromatic N) is 1. The highest BCUT2D eigenvalue weighted by atomic mass is 35.7. The van der Waals surface area contributed by atoms with Gasteiger partial charge in [-0.2, -0.15) is 5.26 Å². The van der Waals surface area contributed by atoms with E-state index in [1.54, 1.807) is 0 Å². The number of benzene rings is 1.